The zero-order chi connectivity index (χ0) is 14.8. The van der Waals surface area contributed by atoms with Crippen LogP contribution in [0, 0.1) is 0 Å². The van der Waals surface area contributed by atoms with Crippen molar-refractivity contribution >= 4 is 27.3 Å². The lowest BCUT2D eigenvalue weighted by molar-refractivity contribution is 0.475. The summed E-state index contributed by atoms with van der Waals surface area (Å²) in [5, 5.41) is 9.67. The van der Waals surface area contributed by atoms with Gasteiger partial charge in [0.05, 0.1) is 10.7 Å². The monoisotopic (exact) mass is 311 g/mol. The van der Waals surface area contributed by atoms with Crippen LogP contribution in [0.25, 0.3) is 0 Å². The van der Waals surface area contributed by atoms with Crippen molar-refractivity contribution < 1.29 is 13.5 Å². The Morgan fingerprint density at radius 3 is 2.45 bits per heavy atom. The molecule has 0 aliphatic rings. The van der Waals surface area contributed by atoms with E-state index in [1.165, 1.54) is 28.6 Å². The van der Waals surface area contributed by atoms with Crippen LogP contribution in [0.5, 0.6) is 5.75 Å². The highest BCUT2D eigenvalue weighted by Gasteiger charge is 2.25. The molecule has 2 rings (SSSR count). The first-order valence-corrected chi connectivity index (χ1v) is 7.85. The van der Waals surface area contributed by atoms with Crippen LogP contribution in [0.3, 0.4) is 0 Å². The second kappa shape index (κ2) is 5.73. The Balaban J connectivity index is 2.54. The molecule has 2 aromatic rings. The van der Waals surface area contributed by atoms with Crippen molar-refractivity contribution in [2.24, 2.45) is 0 Å². The van der Waals surface area contributed by atoms with Crippen LogP contribution in [-0.4, -0.2) is 20.1 Å². The first-order valence-electron chi connectivity index (χ1n) is 6.03. The Morgan fingerprint density at radius 1 is 1.15 bits per heavy atom. The van der Waals surface area contributed by atoms with E-state index in [0.717, 1.165) is 0 Å². The zero-order valence-corrected chi connectivity index (χ0v) is 12.4. The van der Waals surface area contributed by atoms with Crippen molar-refractivity contribution in [1.82, 2.24) is 0 Å². The average Bonchev–Trinajstić information content (AvgIpc) is 2.39. The number of hydrogen-bond donors (Lipinski definition) is 1. The summed E-state index contributed by atoms with van der Waals surface area (Å²) in [6.07, 6.45) is 0. The van der Waals surface area contributed by atoms with E-state index in [9.17, 15) is 13.5 Å². The van der Waals surface area contributed by atoms with E-state index in [0.29, 0.717) is 5.69 Å². The molecule has 0 atom stereocenters. The molecule has 0 fully saturated rings. The molecule has 0 amide bonds. The summed E-state index contributed by atoms with van der Waals surface area (Å²) in [6, 6.07) is 12.4. The summed E-state index contributed by atoms with van der Waals surface area (Å²) in [5.74, 6) is 0.00955. The van der Waals surface area contributed by atoms with Gasteiger partial charge in [-0.2, -0.15) is 0 Å². The van der Waals surface area contributed by atoms with Crippen LogP contribution in [0.4, 0.5) is 5.69 Å². The zero-order valence-electron chi connectivity index (χ0n) is 10.8. The molecule has 0 unspecified atom stereocenters. The summed E-state index contributed by atoms with van der Waals surface area (Å²) >= 11 is 5.97. The van der Waals surface area contributed by atoms with E-state index in [2.05, 4.69) is 0 Å². The number of aromatic hydroxyl groups is 1. The highest BCUT2D eigenvalue weighted by molar-refractivity contribution is 7.93. The van der Waals surface area contributed by atoms with Crippen LogP contribution in [-0.2, 0) is 10.0 Å². The number of anilines is 1. The van der Waals surface area contributed by atoms with Gasteiger partial charge >= 0.3 is 0 Å². The Kier molecular flexibility index (Phi) is 4.20. The van der Waals surface area contributed by atoms with E-state index in [1.54, 1.807) is 31.2 Å². The molecule has 0 heterocycles. The van der Waals surface area contributed by atoms with Gasteiger partial charge in [-0.3, -0.25) is 4.31 Å². The third-order valence-corrected chi connectivity index (χ3v) is 5.21. The molecule has 2 aromatic carbocycles. The van der Waals surface area contributed by atoms with Crippen molar-refractivity contribution in [3.05, 3.63) is 53.6 Å². The highest BCUT2D eigenvalue weighted by atomic mass is 35.5. The predicted molar refractivity (Wildman–Crippen MR) is 79.8 cm³/mol. The first kappa shape index (κ1) is 14.7. The van der Waals surface area contributed by atoms with Gasteiger partial charge in [-0.05, 0) is 31.2 Å². The van der Waals surface area contributed by atoms with Gasteiger partial charge < -0.3 is 5.11 Å². The van der Waals surface area contributed by atoms with E-state index in [1.807, 2.05) is 0 Å². The largest absolute Gasteiger partial charge is 0.508 e. The Bertz CT molecular complexity index is 716. The highest BCUT2D eigenvalue weighted by Crippen LogP contribution is 2.29. The Labute approximate surface area is 123 Å². The molecule has 6 heteroatoms. The van der Waals surface area contributed by atoms with Crippen molar-refractivity contribution in [2.45, 2.75) is 11.8 Å². The molecule has 0 radical (unpaired) electrons. The molecule has 0 aliphatic carbocycles. The molecular weight excluding hydrogens is 298 g/mol. The molecule has 0 spiro atoms. The van der Waals surface area contributed by atoms with Gasteiger partial charge in [-0.15, -0.1) is 0 Å². The summed E-state index contributed by atoms with van der Waals surface area (Å²) in [5.41, 5.74) is 0.396. The first-order chi connectivity index (χ1) is 9.46. The van der Waals surface area contributed by atoms with Gasteiger partial charge in [0.25, 0.3) is 10.0 Å². The van der Waals surface area contributed by atoms with Gasteiger partial charge in [-0.25, -0.2) is 8.42 Å². The van der Waals surface area contributed by atoms with Crippen LogP contribution in [0.1, 0.15) is 6.92 Å². The number of phenols is 1. The lowest BCUT2D eigenvalue weighted by Gasteiger charge is -2.23. The second-order valence-electron chi connectivity index (χ2n) is 4.12. The quantitative estimate of drug-likeness (QED) is 0.943. The molecule has 0 saturated carbocycles. The van der Waals surface area contributed by atoms with E-state index in [4.69, 9.17) is 11.6 Å². The normalized spacial score (nSPS) is 11.3. The lowest BCUT2D eigenvalue weighted by Crippen LogP contribution is -2.30. The van der Waals surface area contributed by atoms with Gasteiger partial charge in [0, 0.05) is 12.6 Å². The topological polar surface area (TPSA) is 57.6 Å². The maximum Gasteiger partial charge on any atom is 0.265 e. The predicted octanol–water partition coefficient (Wildman–Crippen LogP) is 3.26. The molecule has 1 N–H and O–H groups in total. The van der Waals surface area contributed by atoms with Gasteiger partial charge in [0.15, 0.2) is 0 Å². The lowest BCUT2D eigenvalue weighted by atomic mass is 10.3. The third-order valence-electron chi connectivity index (χ3n) is 2.81. The molecular formula is C14H14ClNO3S. The van der Waals surface area contributed by atoms with E-state index >= 15 is 0 Å². The smallest absolute Gasteiger partial charge is 0.265 e. The van der Waals surface area contributed by atoms with Gasteiger partial charge in [0.2, 0.25) is 0 Å². The summed E-state index contributed by atoms with van der Waals surface area (Å²) in [4.78, 5) is 0.0480. The minimum absolute atomic E-state index is 0.00955. The maximum atomic E-state index is 12.7. The number of hydrogen-bond acceptors (Lipinski definition) is 3. The van der Waals surface area contributed by atoms with E-state index < -0.39 is 10.0 Å². The number of nitrogens with zero attached hydrogens (tertiary/aromatic N) is 1. The van der Waals surface area contributed by atoms with Crippen molar-refractivity contribution in [1.29, 1.82) is 0 Å². The number of rotatable bonds is 4. The van der Waals surface area contributed by atoms with Crippen molar-refractivity contribution in [3.63, 3.8) is 0 Å². The Hall–Kier alpha value is -1.72. The van der Waals surface area contributed by atoms with Gasteiger partial charge in [0.1, 0.15) is 10.6 Å². The minimum Gasteiger partial charge on any atom is -0.508 e. The maximum absolute atomic E-state index is 12.7. The van der Waals surface area contributed by atoms with Crippen molar-refractivity contribution in [2.75, 3.05) is 10.8 Å². The fourth-order valence-electron chi connectivity index (χ4n) is 1.91. The molecule has 0 aliphatic heterocycles. The standard InChI is InChI=1S/C14H14ClNO3S/c1-2-16(11-6-5-7-12(17)10-11)20(18,19)14-9-4-3-8-13(14)15/h3-10,17H,2H2,1H3. The van der Waals surface area contributed by atoms with Crippen LogP contribution < -0.4 is 4.31 Å². The molecule has 106 valence electrons. The third kappa shape index (κ3) is 2.73. The summed E-state index contributed by atoms with van der Waals surface area (Å²) < 4.78 is 26.5. The molecule has 20 heavy (non-hydrogen) atoms. The van der Waals surface area contributed by atoms with Gasteiger partial charge in [-0.1, -0.05) is 29.8 Å². The van der Waals surface area contributed by atoms with E-state index in [-0.39, 0.29) is 22.2 Å². The van der Waals surface area contributed by atoms with Crippen molar-refractivity contribution in [3.8, 4) is 5.75 Å². The summed E-state index contributed by atoms with van der Waals surface area (Å²) in [7, 11) is -3.76. The number of phenolic OH excluding ortho intramolecular Hbond substituents is 1. The molecule has 0 bridgehead atoms. The van der Waals surface area contributed by atoms with Crippen LogP contribution >= 0.6 is 11.6 Å². The fraction of sp³-hybridized carbons (Fsp3) is 0.143. The second-order valence-corrected chi connectivity index (χ2v) is 6.36. The number of halogens is 1. The van der Waals surface area contributed by atoms with Crippen LogP contribution in [0.15, 0.2) is 53.4 Å². The van der Waals surface area contributed by atoms with Crippen LogP contribution in [0.2, 0.25) is 5.02 Å². The Morgan fingerprint density at radius 2 is 1.85 bits per heavy atom. The average molecular weight is 312 g/mol. The summed E-state index contributed by atoms with van der Waals surface area (Å²) in [6.45, 7) is 1.95. The minimum atomic E-state index is -3.76. The molecule has 0 saturated heterocycles. The SMILES string of the molecule is CCN(c1cccc(O)c1)S(=O)(=O)c1ccccc1Cl. The molecule has 4 nitrogen and oxygen atoms in total. The fourth-order valence-corrected chi connectivity index (χ4v) is 3.87. The number of benzene rings is 2. The number of sulfonamides is 1. The molecule has 0 aromatic heterocycles.